The van der Waals surface area contributed by atoms with Gasteiger partial charge in [-0.2, -0.15) is 0 Å². The van der Waals surface area contributed by atoms with Crippen molar-refractivity contribution in [1.82, 2.24) is 4.90 Å². The normalized spacial score (nSPS) is 18.2. The Labute approximate surface area is 121 Å². The van der Waals surface area contributed by atoms with Crippen LogP contribution in [0.25, 0.3) is 0 Å². The summed E-state index contributed by atoms with van der Waals surface area (Å²) in [7, 11) is 3.79. The van der Waals surface area contributed by atoms with Crippen LogP contribution in [0.1, 0.15) is 18.4 Å². The number of ether oxygens (including phenoxy) is 2. The number of rotatable bonds is 6. The van der Waals surface area contributed by atoms with Crippen LogP contribution >= 0.6 is 0 Å². The standard InChI is InChI=1S/C16H25NO3/c1-17(11-14-4-3-5-15(10-14)19-2)12-16(13-18)6-8-20-9-7-16/h3-5,10,18H,6-9,11-13H2,1-2H3. The van der Waals surface area contributed by atoms with Crippen molar-refractivity contribution in [1.29, 1.82) is 0 Å². The number of hydrogen-bond donors (Lipinski definition) is 1. The van der Waals surface area contributed by atoms with Crippen LogP contribution in [0.15, 0.2) is 24.3 Å². The Hall–Kier alpha value is -1.10. The molecule has 0 spiro atoms. The molecule has 1 aromatic carbocycles. The highest BCUT2D eigenvalue weighted by atomic mass is 16.5. The minimum absolute atomic E-state index is 0.00807. The lowest BCUT2D eigenvalue weighted by Gasteiger charge is -2.38. The zero-order valence-corrected chi connectivity index (χ0v) is 12.5. The second kappa shape index (κ2) is 7.07. The monoisotopic (exact) mass is 279 g/mol. The summed E-state index contributed by atoms with van der Waals surface area (Å²) in [6.45, 7) is 3.50. The van der Waals surface area contributed by atoms with Gasteiger partial charge < -0.3 is 19.5 Å². The molecule has 1 aromatic rings. The molecule has 1 aliphatic rings. The maximum atomic E-state index is 9.74. The van der Waals surface area contributed by atoms with Gasteiger partial charge in [-0.3, -0.25) is 0 Å². The summed E-state index contributed by atoms with van der Waals surface area (Å²) in [5, 5.41) is 9.74. The van der Waals surface area contributed by atoms with Crippen LogP contribution in [0.2, 0.25) is 0 Å². The molecule has 1 fully saturated rings. The number of hydrogen-bond acceptors (Lipinski definition) is 4. The van der Waals surface area contributed by atoms with Crippen LogP contribution in [-0.4, -0.2) is 50.5 Å². The molecule has 0 unspecified atom stereocenters. The molecule has 2 rings (SSSR count). The topological polar surface area (TPSA) is 41.9 Å². The van der Waals surface area contributed by atoms with E-state index >= 15 is 0 Å². The number of nitrogens with zero attached hydrogens (tertiary/aromatic N) is 1. The lowest BCUT2D eigenvalue weighted by molar-refractivity contribution is -0.0318. The average molecular weight is 279 g/mol. The number of methoxy groups -OCH3 is 1. The second-order valence-corrected chi connectivity index (χ2v) is 5.79. The first-order valence-electron chi connectivity index (χ1n) is 7.17. The fourth-order valence-corrected chi connectivity index (χ4v) is 2.88. The minimum Gasteiger partial charge on any atom is -0.497 e. The molecule has 112 valence electrons. The quantitative estimate of drug-likeness (QED) is 0.864. The van der Waals surface area contributed by atoms with Crippen molar-refractivity contribution in [2.75, 3.05) is 40.5 Å². The third-order valence-electron chi connectivity index (χ3n) is 4.08. The molecular formula is C16H25NO3. The molecule has 1 heterocycles. The van der Waals surface area contributed by atoms with E-state index in [1.807, 2.05) is 12.1 Å². The fraction of sp³-hybridized carbons (Fsp3) is 0.625. The zero-order valence-electron chi connectivity index (χ0n) is 12.5. The van der Waals surface area contributed by atoms with Crippen molar-refractivity contribution >= 4 is 0 Å². The summed E-state index contributed by atoms with van der Waals surface area (Å²) in [4.78, 5) is 2.27. The first kappa shape index (κ1) is 15.3. The average Bonchev–Trinajstić information content (AvgIpc) is 2.48. The first-order valence-corrected chi connectivity index (χ1v) is 7.17. The van der Waals surface area contributed by atoms with Gasteiger partial charge in [0.2, 0.25) is 0 Å². The summed E-state index contributed by atoms with van der Waals surface area (Å²) in [5.74, 6) is 0.888. The number of benzene rings is 1. The Morgan fingerprint density at radius 1 is 1.35 bits per heavy atom. The molecule has 0 saturated carbocycles. The molecule has 1 N–H and O–H groups in total. The summed E-state index contributed by atoms with van der Waals surface area (Å²) in [6, 6.07) is 8.14. The van der Waals surface area contributed by atoms with E-state index in [1.54, 1.807) is 7.11 Å². The lowest BCUT2D eigenvalue weighted by Crippen LogP contribution is -2.42. The summed E-state index contributed by atoms with van der Waals surface area (Å²) in [5.41, 5.74) is 1.22. The van der Waals surface area contributed by atoms with Crippen LogP contribution in [0.5, 0.6) is 5.75 Å². The third-order valence-corrected chi connectivity index (χ3v) is 4.08. The minimum atomic E-state index is -0.00807. The van der Waals surface area contributed by atoms with E-state index in [0.29, 0.717) is 0 Å². The van der Waals surface area contributed by atoms with Crippen molar-refractivity contribution in [3.8, 4) is 5.75 Å². The van der Waals surface area contributed by atoms with Gasteiger partial charge in [-0.25, -0.2) is 0 Å². The Morgan fingerprint density at radius 2 is 2.10 bits per heavy atom. The fourth-order valence-electron chi connectivity index (χ4n) is 2.88. The highest BCUT2D eigenvalue weighted by Gasteiger charge is 2.33. The Balaban J connectivity index is 1.95. The molecule has 0 radical (unpaired) electrons. The maximum absolute atomic E-state index is 9.74. The summed E-state index contributed by atoms with van der Waals surface area (Å²) in [6.07, 6.45) is 1.87. The van der Waals surface area contributed by atoms with Crippen molar-refractivity contribution < 1.29 is 14.6 Å². The Bertz CT molecular complexity index is 416. The largest absolute Gasteiger partial charge is 0.497 e. The van der Waals surface area contributed by atoms with E-state index in [2.05, 4.69) is 24.1 Å². The summed E-state index contributed by atoms with van der Waals surface area (Å²) >= 11 is 0. The van der Waals surface area contributed by atoms with Crippen LogP contribution in [0, 0.1) is 5.41 Å². The molecule has 1 aliphatic heterocycles. The van der Waals surface area contributed by atoms with E-state index < -0.39 is 0 Å². The van der Waals surface area contributed by atoms with Gasteiger partial charge in [0.25, 0.3) is 0 Å². The van der Waals surface area contributed by atoms with E-state index in [9.17, 15) is 5.11 Å². The van der Waals surface area contributed by atoms with Crippen LogP contribution < -0.4 is 4.74 Å². The molecule has 0 bridgehead atoms. The Kier molecular flexibility index (Phi) is 5.40. The van der Waals surface area contributed by atoms with Gasteiger partial charge in [-0.1, -0.05) is 12.1 Å². The van der Waals surface area contributed by atoms with Crippen molar-refractivity contribution in [3.63, 3.8) is 0 Å². The van der Waals surface area contributed by atoms with E-state index in [-0.39, 0.29) is 12.0 Å². The molecule has 20 heavy (non-hydrogen) atoms. The highest BCUT2D eigenvalue weighted by Crippen LogP contribution is 2.31. The van der Waals surface area contributed by atoms with Gasteiger partial charge in [-0.05, 0) is 37.6 Å². The van der Waals surface area contributed by atoms with Crippen molar-refractivity contribution in [2.24, 2.45) is 5.41 Å². The molecule has 4 heteroatoms. The molecular weight excluding hydrogens is 254 g/mol. The van der Waals surface area contributed by atoms with Gasteiger partial charge in [0.1, 0.15) is 5.75 Å². The van der Waals surface area contributed by atoms with Crippen LogP contribution in [-0.2, 0) is 11.3 Å². The van der Waals surface area contributed by atoms with Gasteiger partial charge in [0.15, 0.2) is 0 Å². The maximum Gasteiger partial charge on any atom is 0.119 e. The predicted molar refractivity (Wildman–Crippen MR) is 78.9 cm³/mol. The van der Waals surface area contributed by atoms with E-state index in [4.69, 9.17) is 9.47 Å². The van der Waals surface area contributed by atoms with Crippen molar-refractivity contribution in [2.45, 2.75) is 19.4 Å². The predicted octanol–water partition coefficient (Wildman–Crippen LogP) is 1.92. The number of aliphatic hydroxyl groups is 1. The van der Waals surface area contributed by atoms with Gasteiger partial charge >= 0.3 is 0 Å². The molecule has 0 amide bonds. The SMILES string of the molecule is COc1cccc(CN(C)CC2(CO)CCOCC2)c1. The van der Waals surface area contributed by atoms with Gasteiger partial charge in [0, 0.05) is 31.7 Å². The van der Waals surface area contributed by atoms with E-state index in [0.717, 1.165) is 44.9 Å². The van der Waals surface area contributed by atoms with E-state index in [1.165, 1.54) is 5.56 Å². The van der Waals surface area contributed by atoms with Gasteiger partial charge in [0.05, 0.1) is 13.7 Å². The van der Waals surface area contributed by atoms with Crippen LogP contribution in [0.3, 0.4) is 0 Å². The van der Waals surface area contributed by atoms with Crippen molar-refractivity contribution in [3.05, 3.63) is 29.8 Å². The Morgan fingerprint density at radius 3 is 2.75 bits per heavy atom. The zero-order chi connectivity index (χ0) is 14.4. The smallest absolute Gasteiger partial charge is 0.119 e. The molecule has 1 saturated heterocycles. The number of aliphatic hydroxyl groups excluding tert-OH is 1. The summed E-state index contributed by atoms with van der Waals surface area (Å²) < 4.78 is 10.7. The molecule has 0 aromatic heterocycles. The third kappa shape index (κ3) is 3.95. The molecule has 4 nitrogen and oxygen atoms in total. The highest BCUT2D eigenvalue weighted by molar-refractivity contribution is 5.28. The lowest BCUT2D eigenvalue weighted by atomic mass is 9.80. The molecule has 0 aliphatic carbocycles. The molecule has 0 atom stereocenters. The second-order valence-electron chi connectivity index (χ2n) is 5.79. The van der Waals surface area contributed by atoms with Crippen LogP contribution in [0.4, 0.5) is 0 Å². The first-order chi connectivity index (χ1) is 9.67. The van der Waals surface area contributed by atoms with Gasteiger partial charge in [-0.15, -0.1) is 0 Å².